The summed E-state index contributed by atoms with van der Waals surface area (Å²) in [4.78, 5) is 15.3. The Bertz CT molecular complexity index is 778. The van der Waals surface area contributed by atoms with E-state index in [1.54, 1.807) is 0 Å². The van der Waals surface area contributed by atoms with Crippen molar-refractivity contribution >= 4 is 5.91 Å². The maximum atomic E-state index is 12.9. The number of nitrogens with one attached hydrogen (secondary N) is 1. The van der Waals surface area contributed by atoms with E-state index in [-0.39, 0.29) is 18.1 Å². The Hall–Kier alpha value is -2.17. The van der Waals surface area contributed by atoms with Gasteiger partial charge in [-0.25, -0.2) is 0 Å². The van der Waals surface area contributed by atoms with Crippen molar-refractivity contribution in [2.24, 2.45) is 0 Å². The van der Waals surface area contributed by atoms with Crippen LogP contribution in [-0.2, 0) is 28.0 Å². The molecule has 0 radical (unpaired) electrons. The lowest BCUT2D eigenvalue weighted by Gasteiger charge is -2.35. The predicted molar refractivity (Wildman–Crippen MR) is 113 cm³/mol. The Morgan fingerprint density at radius 1 is 1.00 bits per heavy atom. The molecule has 0 spiro atoms. The highest BCUT2D eigenvalue weighted by atomic mass is 16.5. The van der Waals surface area contributed by atoms with Gasteiger partial charge >= 0.3 is 0 Å². The van der Waals surface area contributed by atoms with Gasteiger partial charge in [0.15, 0.2) is 0 Å². The summed E-state index contributed by atoms with van der Waals surface area (Å²) in [6, 6.07) is 18.3. The van der Waals surface area contributed by atoms with Gasteiger partial charge in [0, 0.05) is 26.2 Å². The zero-order valence-electron chi connectivity index (χ0n) is 17.4. The fourth-order valence-electron chi connectivity index (χ4n) is 3.92. The molecular weight excluding hydrogens is 348 g/mol. The molecule has 150 valence electrons. The molecule has 4 heteroatoms. The third kappa shape index (κ3) is 5.00. The molecule has 1 aliphatic heterocycles. The molecule has 2 aromatic rings. The minimum Gasteiger partial charge on any atom is -0.373 e. The number of carbonyl (C=O) groups excluding carboxylic acids is 1. The van der Waals surface area contributed by atoms with Crippen LogP contribution in [-0.4, -0.2) is 36.1 Å². The van der Waals surface area contributed by atoms with Crippen molar-refractivity contribution in [1.29, 1.82) is 0 Å². The van der Waals surface area contributed by atoms with Gasteiger partial charge in [-0.1, -0.05) is 54.6 Å². The number of morpholine rings is 1. The normalized spacial score (nSPS) is 20.7. The van der Waals surface area contributed by atoms with Crippen molar-refractivity contribution in [2.45, 2.75) is 58.4 Å². The van der Waals surface area contributed by atoms with E-state index in [0.717, 1.165) is 25.2 Å². The molecule has 1 fully saturated rings. The van der Waals surface area contributed by atoms with Crippen LogP contribution >= 0.6 is 0 Å². The van der Waals surface area contributed by atoms with Crippen molar-refractivity contribution in [3.63, 3.8) is 0 Å². The molecule has 2 atom stereocenters. The van der Waals surface area contributed by atoms with Crippen LogP contribution in [0.5, 0.6) is 0 Å². The molecular formula is C24H32N2O2. The molecule has 0 bridgehead atoms. The Kier molecular flexibility index (Phi) is 6.53. The molecule has 3 rings (SSSR count). The number of hydrogen-bond acceptors (Lipinski definition) is 3. The minimum absolute atomic E-state index is 0.0436. The third-order valence-corrected chi connectivity index (χ3v) is 5.51. The molecule has 28 heavy (non-hydrogen) atoms. The van der Waals surface area contributed by atoms with Crippen LogP contribution in [0.1, 0.15) is 44.4 Å². The maximum Gasteiger partial charge on any atom is 0.230 e. The average molecular weight is 381 g/mol. The number of carbonyl (C=O) groups is 1. The largest absolute Gasteiger partial charge is 0.373 e. The molecule has 4 nitrogen and oxygen atoms in total. The van der Waals surface area contributed by atoms with Gasteiger partial charge in [0.1, 0.15) is 0 Å². The number of nitrogens with zero attached hydrogens (tertiary/aromatic N) is 1. The van der Waals surface area contributed by atoms with E-state index < -0.39 is 5.41 Å². The first-order valence-corrected chi connectivity index (χ1v) is 10.1. The predicted octanol–water partition coefficient (Wildman–Crippen LogP) is 3.89. The Labute approximate surface area is 168 Å². The highest BCUT2D eigenvalue weighted by Crippen LogP contribution is 2.23. The van der Waals surface area contributed by atoms with Crippen LogP contribution in [0.15, 0.2) is 54.6 Å². The molecule has 1 amide bonds. The summed E-state index contributed by atoms with van der Waals surface area (Å²) in [5, 5.41) is 3.15. The molecule has 2 unspecified atom stereocenters. The lowest BCUT2D eigenvalue weighted by atomic mass is 9.83. The van der Waals surface area contributed by atoms with E-state index in [4.69, 9.17) is 4.74 Å². The zero-order chi connectivity index (χ0) is 20.1. The molecule has 1 saturated heterocycles. The fraction of sp³-hybridized carbons (Fsp3) is 0.458. The number of benzene rings is 2. The zero-order valence-corrected chi connectivity index (χ0v) is 17.4. The van der Waals surface area contributed by atoms with Gasteiger partial charge in [0.25, 0.3) is 0 Å². The van der Waals surface area contributed by atoms with Gasteiger partial charge in [-0.2, -0.15) is 0 Å². The van der Waals surface area contributed by atoms with Gasteiger partial charge < -0.3 is 10.1 Å². The highest BCUT2D eigenvalue weighted by Gasteiger charge is 2.29. The van der Waals surface area contributed by atoms with Gasteiger partial charge in [0.2, 0.25) is 5.91 Å². The molecule has 1 heterocycles. The first-order chi connectivity index (χ1) is 13.4. The summed E-state index contributed by atoms with van der Waals surface area (Å²) in [5.74, 6) is 0.0436. The summed E-state index contributed by atoms with van der Waals surface area (Å²) < 4.78 is 5.84. The first-order valence-electron chi connectivity index (χ1n) is 10.1. The Morgan fingerprint density at radius 2 is 1.57 bits per heavy atom. The van der Waals surface area contributed by atoms with Crippen molar-refractivity contribution in [3.05, 3.63) is 71.3 Å². The van der Waals surface area contributed by atoms with E-state index in [1.165, 1.54) is 11.1 Å². The van der Waals surface area contributed by atoms with Crippen LogP contribution in [0.25, 0.3) is 0 Å². The van der Waals surface area contributed by atoms with E-state index in [1.807, 2.05) is 50.2 Å². The van der Waals surface area contributed by atoms with Gasteiger partial charge in [-0.3, -0.25) is 9.69 Å². The van der Waals surface area contributed by atoms with E-state index in [9.17, 15) is 4.79 Å². The van der Waals surface area contributed by atoms with Gasteiger partial charge in [-0.15, -0.1) is 0 Å². The highest BCUT2D eigenvalue weighted by molar-refractivity contribution is 5.87. The van der Waals surface area contributed by atoms with Crippen molar-refractivity contribution in [2.75, 3.05) is 13.1 Å². The van der Waals surface area contributed by atoms with Crippen molar-refractivity contribution < 1.29 is 9.53 Å². The molecule has 0 saturated carbocycles. The third-order valence-electron chi connectivity index (χ3n) is 5.51. The quantitative estimate of drug-likeness (QED) is 0.827. The Morgan fingerprint density at radius 3 is 2.21 bits per heavy atom. The minimum atomic E-state index is -0.564. The fourth-order valence-corrected chi connectivity index (χ4v) is 3.92. The smallest absolute Gasteiger partial charge is 0.230 e. The Balaban J connectivity index is 1.66. The number of amides is 1. The second kappa shape index (κ2) is 8.89. The average Bonchev–Trinajstić information content (AvgIpc) is 2.67. The number of ether oxygens (including phenoxy) is 1. The molecule has 0 aliphatic carbocycles. The molecule has 2 aromatic carbocycles. The van der Waals surface area contributed by atoms with E-state index in [2.05, 4.69) is 42.3 Å². The van der Waals surface area contributed by atoms with E-state index in [0.29, 0.717) is 6.54 Å². The van der Waals surface area contributed by atoms with Crippen molar-refractivity contribution in [3.8, 4) is 0 Å². The summed E-state index contributed by atoms with van der Waals surface area (Å²) in [6.45, 7) is 11.5. The van der Waals surface area contributed by atoms with Crippen LogP contribution in [0, 0.1) is 0 Å². The van der Waals surface area contributed by atoms with Gasteiger partial charge in [-0.05, 0) is 44.4 Å². The standard InChI is InChI=1S/C24H32N2O2/c1-18-15-26(16-19(2)28-18)17-21-11-9-8-10-20(21)14-25-23(27)24(3,4)22-12-6-5-7-13-22/h5-13,18-19H,14-17H2,1-4H3,(H,25,27). The van der Waals surface area contributed by atoms with Crippen molar-refractivity contribution in [1.82, 2.24) is 10.2 Å². The summed E-state index contributed by atoms with van der Waals surface area (Å²) in [6.07, 6.45) is 0.504. The number of rotatable bonds is 6. The monoisotopic (exact) mass is 380 g/mol. The maximum absolute atomic E-state index is 12.9. The first kappa shape index (κ1) is 20.6. The molecule has 0 aromatic heterocycles. The van der Waals surface area contributed by atoms with Crippen LogP contribution < -0.4 is 5.32 Å². The van der Waals surface area contributed by atoms with Crippen LogP contribution in [0.3, 0.4) is 0 Å². The lowest BCUT2D eigenvalue weighted by molar-refractivity contribution is -0.125. The summed E-state index contributed by atoms with van der Waals surface area (Å²) in [7, 11) is 0. The van der Waals surface area contributed by atoms with Crippen LogP contribution in [0.2, 0.25) is 0 Å². The second-order valence-electron chi connectivity index (χ2n) is 8.39. The van der Waals surface area contributed by atoms with Gasteiger partial charge in [0.05, 0.1) is 17.6 Å². The molecule has 1 aliphatic rings. The SMILES string of the molecule is CC1CN(Cc2ccccc2CNC(=O)C(C)(C)c2ccccc2)CC(C)O1. The second-order valence-corrected chi connectivity index (χ2v) is 8.39. The summed E-state index contributed by atoms with van der Waals surface area (Å²) >= 11 is 0. The van der Waals surface area contributed by atoms with E-state index >= 15 is 0 Å². The lowest BCUT2D eigenvalue weighted by Crippen LogP contribution is -2.45. The van der Waals surface area contributed by atoms with Crippen LogP contribution in [0.4, 0.5) is 0 Å². The summed E-state index contributed by atoms with van der Waals surface area (Å²) in [5.41, 5.74) is 2.90. The molecule has 1 N–H and O–H groups in total. The topological polar surface area (TPSA) is 41.6 Å². The number of hydrogen-bond donors (Lipinski definition) is 1.